The molecule has 0 unspecified atom stereocenters. The Balaban J connectivity index is 3.23. The zero-order valence-corrected chi connectivity index (χ0v) is 10.6. The van der Waals surface area contributed by atoms with Crippen LogP contribution in [0.4, 0.5) is 0 Å². The first-order valence-electron chi connectivity index (χ1n) is 3.61. The second-order valence-electron chi connectivity index (χ2n) is 2.64. The minimum absolute atomic E-state index is 0.00457. The first-order valence-corrected chi connectivity index (χ1v) is 5.60. The summed E-state index contributed by atoms with van der Waals surface area (Å²) in [5, 5.41) is 0.605. The van der Waals surface area contributed by atoms with Crippen molar-refractivity contribution in [3.63, 3.8) is 0 Å². The molecule has 0 fully saturated rings. The van der Waals surface area contributed by atoms with Gasteiger partial charge in [-0.25, -0.2) is 0 Å². The van der Waals surface area contributed by atoms with Crippen molar-refractivity contribution in [1.29, 1.82) is 0 Å². The lowest BCUT2D eigenvalue weighted by Gasteiger charge is -2.04. The Kier molecular flexibility index (Phi) is 4.01. The first-order chi connectivity index (χ1) is 6.06. The third-order valence-corrected chi connectivity index (χ3v) is 3.21. The van der Waals surface area contributed by atoms with E-state index in [0.717, 1.165) is 9.13 Å². The van der Waals surface area contributed by atoms with Gasteiger partial charge >= 0.3 is 0 Å². The molecule has 0 aliphatic heterocycles. The molecule has 0 atom stereocenters. The minimum Gasteiger partial charge on any atom is -0.293 e. The fraction of sp³-hybridized carbons (Fsp3) is 0.222. The normalized spacial score (nSPS) is 10.2. The van der Waals surface area contributed by atoms with Gasteiger partial charge in [0.15, 0.2) is 5.78 Å². The number of carbonyl (C=O) groups excluding carboxylic acids is 1. The van der Waals surface area contributed by atoms with Crippen molar-refractivity contribution in [3.05, 3.63) is 31.9 Å². The second-order valence-corrected chi connectivity index (χ2v) is 4.47. The van der Waals surface area contributed by atoms with E-state index in [0.29, 0.717) is 10.6 Å². The predicted octanol–water partition coefficient (Wildman–Crippen LogP) is 3.67. The highest BCUT2D eigenvalue weighted by Gasteiger charge is 2.10. The minimum atomic E-state index is -0.0898. The summed E-state index contributed by atoms with van der Waals surface area (Å²) in [4.78, 5) is 11.3. The Hall–Kier alpha value is 0.200. The van der Waals surface area contributed by atoms with Gasteiger partial charge in [-0.3, -0.25) is 4.79 Å². The molecule has 0 radical (unpaired) electrons. The van der Waals surface area contributed by atoms with Crippen LogP contribution in [-0.4, -0.2) is 11.7 Å². The fourth-order valence-corrected chi connectivity index (χ4v) is 2.16. The summed E-state index contributed by atoms with van der Waals surface area (Å²) in [5.74, 6) is -0.0944. The summed E-state index contributed by atoms with van der Waals surface area (Å²) in [6.45, 7) is 1.90. The second kappa shape index (κ2) is 4.62. The molecule has 1 aromatic rings. The van der Waals surface area contributed by atoms with E-state index in [1.54, 1.807) is 6.07 Å². The number of ketones is 1. The smallest absolute Gasteiger partial charge is 0.178 e. The lowest BCUT2D eigenvalue weighted by molar-refractivity contribution is 0.102. The zero-order valence-electron chi connectivity index (χ0n) is 6.90. The van der Waals surface area contributed by atoms with Gasteiger partial charge in [0.25, 0.3) is 0 Å². The molecule has 0 spiro atoms. The largest absolute Gasteiger partial charge is 0.293 e. The Morgan fingerprint density at radius 1 is 1.54 bits per heavy atom. The van der Waals surface area contributed by atoms with Gasteiger partial charge in [-0.1, -0.05) is 11.6 Å². The maximum atomic E-state index is 11.3. The van der Waals surface area contributed by atoms with Crippen LogP contribution in [0.1, 0.15) is 15.9 Å². The van der Waals surface area contributed by atoms with E-state index in [9.17, 15) is 4.79 Å². The summed E-state index contributed by atoms with van der Waals surface area (Å²) in [7, 11) is 0. The number of Topliss-reactive ketones (excluding diaryl/α,β-unsaturated/α-hetero) is 1. The molecule has 0 saturated carbocycles. The maximum Gasteiger partial charge on any atom is 0.178 e. The van der Waals surface area contributed by atoms with Gasteiger partial charge in [-0.05, 0) is 47.2 Å². The highest BCUT2D eigenvalue weighted by atomic mass is 127. The summed E-state index contributed by atoms with van der Waals surface area (Å²) in [6, 6.07) is 3.55. The first kappa shape index (κ1) is 11.3. The van der Waals surface area contributed by atoms with E-state index >= 15 is 0 Å². The summed E-state index contributed by atoms with van der Waals surface area (Å²) >= 11 is 13.4. The van der Waals surface area contributed by atoms with Crippen LogP contribution < -0.4 is 0 Å². The Morgan fingerprint density at radius 3 is 2.69 bits per heavy atom. The van der Waals surface area contributed by atoms with Crippen LogP contribution >= 0.6 is 45.8 Å². The maximum absolute atomic E-state index is 11.3. The number of hydrogen-bond donors (Lipinski definition) is 0. The average molecular weight is 329 g/mol. The Labute approximate surface area is 101 Å². The third kappa shape index (κ3) is 2.58. The van der Waals surface area contributed by atoms with Crippen LogP contribution in [0.2, 0.25) is 5.02 Å². The van der Waals surface area contributed by atoms with Crippen LogP contribution in [0.5, 0.6) is 0 Å². The lowest BCUT2D eigenvalue weighted by Crippen LogP contribution is -2.03. The van der Waals surface area contributed by atoms with Crippen molar-refractivity contribution in [2.45, 2.75) is 6.92 Å². The molecule has 0 amide bonds. The predicted molar refractivity (Wildman–Crippen MR) is 64.0 cm³/mol. The molecule has 0 N–H and O–H groups in total. The summed E-state index contributed by atoms with van der Waals surface area (Å²) in [6.07, 6.45) is 0. The van der Waals surface area contributed by atoms with Crippen LogP contribution in [0.25, 0.3) is 0 Å². The molecular weight excluding hydrogens is 322 g/mol. The molecule has 0 aromatic heterocycles. The quantitative estimate of drug-likeness (QED) is 0.460. The van der Waals surface area contributed by atoms with Crippen LogP contribution in [-0.2, 0) is 0 Å². The molecule has 0 aliphatic rings. The van der Waals surface area contributed by atoms with E-state index in [1.165, 1.54) is 0 Å². The fourth-order valence-electron chi connectivity index (χ4n) is 0.932. The number of halogens is 3. The van der Waals surface area contributed by atoms with Crippen molar-refractivity contribution in [2.24, 2.45) is 0 Å². The standard InChI is InChI=1S/C9H7Cl2IO/c1-5-2-8(12)6(3-7(5)11)9(13)4-10/h2-3H,4H2,1H3. The molecule has 1 nitrogen and oxygen atoms in total. The number of carbonyl (C=O) groups is 1. The Morgan fingerprint density at radius 2 is 2.15 bits per heavy atom. The summed E-state index contributed by atoms with van der Waals surface area (Å²) < 4.78 is 0.894. The zero-order chi connectivity index (χ0) is 10.0. The molecule has 0 aliphatic carbocycles. The highest BCUT2D eigenvalue weighted by molar-refractivity contribution is 14.1. The molecule has 1 aromatic carbocycles. The van der Waals surface area contributed by atoms with Gasteiger partial charge in [-0.15, -0.1) is 11.6 Å². The molecule has 0 heterocycles. The van der Waals surface area contributed by atoms with E-state index in [4.69, 9.17) is 23.2 Å². The molecule has 0 bridgehead atoms. The number of benzene rings is 1. The number of hydrogen-bond acceptors (Lipinski definition) is 1. The summed E-state index contributed by atoms with van der Waals surface area (Å²) in [5.41, 5.74) is 1.57. The molecule has 0 saturated heterocycles. The van der Waals surface area contributed by atoms with Crippen molar-refractivity contribution in [1.82, 2.24) is 0 Å². The van der Waals surface area contributed by atoms with Crippen LogP contribution in [0.15, 0.2) is 12.1 Å². The molecule has 70 valence electrons. The van der Waals surface area contributed by atoms with Crippen molar-refractivity contribution in [3.8, 4) is 0 Å². The number of alkyl halides is 1. The van der Waals surface area contributed by atoms with Crippen LogP contribution in [0, 0.1) is 10.5 Å². The van der Waals surface area contributed by atoms with Crippen molar-refractivity contribution in [2.75, 3.05) is 5.88 Å². The molecule has 13 heavy (non-hydrogen) atoms. The Bertz CT molecular complexity index is 350. The van der Waals surface area contributed by atoms with Gasteiger partial charge in [0.2, 0.25) is 0 Å². The van der Waals surface area contributed by atoms with E-state index in [1.807, 2.05) is 13.0 Å². The molecular formula is C9H7Cl2IO. The van der Waals surface area contributed by atoms with Gasteiger partial charge in [-0.2, -0.15) is 0 Å². The number of rotatable bonds is 2. The SMILES string of the molecule is Cc1cc(I)c(C(=O)CCl)cc1Cl. The number of aryl methyl sites for hydroxylation is 1. The van der Waals surface area contributed by atoms with Gasteiger partial charge < -0.3 is 0 Å². The molecule has 4 heteroatoms. The average Bonchev–Trinajstić information content (AvgIpc) is 2.10. The van der Waals surface area contributed by atoms with Crippen molar-refractivity contribution >= 4 is 51.6 Å². The van der Waals surface area contributed by atoms with E-state index < -0.39 is 0 Å². The van der Waals surface area contributed by atoms with Crippen molar-refractivity contribution < 1.29 is 4.79 Å². The van der Waals surface area contributed by atoms with Crippen LogP contribution in [0.3, 0.4) is 0 Å². The van der Waals surface area contributed by atoms with E-state index in [2.05, 4.69) is 22.6 Å². The topological polar surface area (TPSA) is 17.1 Å². The van der Waals surface area contributed by atoms with E-state index in [-0.39, 0.29) is 11.7 Å². The van der Waals surface area contributed by atoms with Gasteiger partial charge in [0.1, 0.15) is 0 Å². The molecule has 1 rings (SSSR count). The van der Waals surface area contributed by atoms with Gasteiger partial charge in [0.05, 0.1) is 5.88 Å². The highest BCUT2D eigenvalue weighted by Crippen LogP contribution is 2.22. The third-order valence-electron chi connectivity index (χ3n) is 1.67. The van der Waals surface area contributed by atoms with Gasteiger partial charge in [0, 0.05) is 14.2 Å². The monoisotopic (exact) mass is 328 g/mol. The lowest BCUT2D eigenvalue weighted by atomic mass is 10.1.